The second kappa shape index (κ2) is 11.2. The van der Waals surface area contributed by atoms with Gasteiger partial charge in [0.2, 0.25) is 0 Å². The Morgan fingerprint density at radius 3 is 2.87 bits per heavy atom. The number of carboxylic acid groups (broad SMARTS) is 1. The number of benzene rings is 1. The van der Waals surface area contributed by atoms with Gasteiger partial charge in [0.1, 0.15) is 11.8 Å². The number of hydrogen-bond acceptors (Lipinski definition) is 9. The highest BCUT2D eigenvalue weighted by atomic mass is 35.5. The van der Waals surface area contributed by atoms with Gasteiger partial charge in [0, 0.05) is 41.6 Å². The number of fused-ring (bicyclic) bond motifs is 1. The smallest absolute Gasteiger partial charge is 0.338 e. The SMILES string of the molecule is CCOC(=O)C1=C(C2CCc3nc(CCC(=O)O)oc3C2)NC(c2nccs2)=NC1c1ccc(F)c(F)c1Cl. The molecule has 2 atom stereocenters. The van der Waals surface area contributed by atoms with E-state index in [0.29, 0.717) is 47.5 Å². The molecule has 2 unspecified atom stereocenters. The zero-order valence-electron chi connectivity index (χ0n) is 20.7. The Hall–Kier alpha value is -3.64. The van der Waals surface area contributed by atoms with Crippen molar-refractivity contribution in [1.29, 1.82) is 0 Å². The molecule has 0 saturated carbocycles. The van der Waals surface area contributed by atoms with E-state index in [1.54, 1.807) is 18.5 Å². The van der Waals surface area contributed by atoms with Crippen LogP contribution in [0.15, 0.2) is 44.4 Å². The molecule has 2 aliphatic rings. The number of allylic oxidation sites excluding steroid dienone is 1. The number of nitrogens with one attached hydrogen (secondary N) is 1. The fourth-order valence-corrected chi connectivity index (χ4v) is 5.59. The summed E-state index contributed by atoms with van der Waals surface area (Å²) < 4.78 is 39.8. The summed E-state index contributed by atoms with van der Waals surface area (Å²) in [5.41, 5.74) is 1.48. The molecule has 0 spiro atoms. The van der Waals surface area contributed by atoms with Crippen molar-refractivity contribution in [3.63, 3.8) is 0 Å². The third kappa shape index (κ3) is 5.44. The molecule has 2 N–H and O–H groups in total. The minimum atomic E-state index is -1.23. The van der Waals surface area contributed by atoms with Crippen LogP contribution >= 0.6 is 22.9 Å². The number of carboxylic acids is 1. The van der Waals surface area contributed by atoms with E-state index in [4.69, 9.17) is 25.9 Å². The van der Waals surface area contributed by atoms with Crippen LogP contribution in [0, 0.1) is 17.6 Å². The van der Waals surface area contributed by atoms with Crippen molar-refractivity contribution in [3.05, 3.63) is 79.6 Å². The van der Waals surface area contributed by atoms with E-state index in [0.717, 1.165) is 11.8 Å². The number of amidine groups is 1. The number of carbonyl (C=O) groups excluding carboxylic acids is 1. The molecule has 39 heavy (non-hydrogen) atoms. The Labute approximate surface area is 230 Å². The first-order valence-corrected chi connectivity index (χ1v) is 13.5. The molecule has 9 nitrogen and oxygen atoms in total. The van der Waals surface area contributed by atoms with Crippen molar-refractivity contribution >= 4 is 40.7 Å². The maximum Gasteiger partial charge on any atom is 0.338 e. The van der Waals surface area contributed by atoms with Crippen molar-refractivity contribution in [1.82, 2.24) is 15.3 Å². The van der Waals surface area contributed by atoms with E-state index in [9.17, 15) is 18.4 Å². The predicted molar refractivity (Wildman–Crippen MR) is 138 cm³/mol. The summed E-state index contributed by atoms with van der Waals surface area (Å²) in [4.78, 5) is 37.8. The predicted octanol–water partition coefficient (Wildman–Crippen LogP) is 4.79. The summed E-state index contributed by atoms with van der Waals surface area (Å²) in [7, 11) is 0. The molecular weight excluding hydrogens is 554 g/mol. The highest BCUT2D eigenvalue weighted by Crippen LogP contribution is 2.41. The molecule has 0 bridgehead atoms. The zero-order chi connectivity index (χ0) is 27.7. The van der Waals surface area contributed by atoms with E-state index >= 15 is 0 Å². The summed E-state index contributed by atoms with van der Waals surface area (Å²) in [6, 6.07) is 1.16. The van der Waals surface area contributed by atoms with E-state index < -0.39 is 34.6 Å². The molecule has 0 saturated heterocycles. The fourth-order valence-electron chi connectivity index (χ4n) is 4.74. The van der Waals surface area contributed by atoms with Crippen LogP contribution in [0.5, 0.6) is 0 Å². The molecule has 2 aromatic heterocycles. The minimum Gasteiger partial charge on any atom is -0.481 e. The lowest BCUT2D eigenvalue weighted by Gasteiger charge is -2.32. The summed E-state index contributed by atoms with van der Waals surface area (Å²) in [5, 5.41) is 14.1. The second-order valence-electron chi connectivity index (χ2n) is 8.97. The van der Waals surface area contributed by atoms with E-state index in [1.165, 1.54) is 17.4 Å². The molecule has 1 aromatic carbocycles. The number of oxazole rings is 1. The molecule has 13 heteroatoms. The Morgan fingerprint density at radius 2 is 2.15 bits per heavy atom. The van der Waals surface area contributed by atoms with Gasteiger partial charge in [-0.25, -0.2) is 23.5 Å². The molecule has 0 amide bonds. The zero-order valence-corrected chi connectivity index (χ0v) is 22.2. The molecule has 3 aromatic rings. The number of carbonyl (C=O) groups is 2. The molecule has 0 fully saturated rings. The maximum absolute atomic E-state index is 14.6. The van der Waals surface area contributed by atoms with Crippen LogP contribution in [-0.2, 0) is 33.6 Å². The standard InChI is InChI=1S/C26H23ClF2N4O5S/c1-2-37-26(36)19-22(12-3-6-15-16(11-12)38-17(31-15)7-8-18(34)35)32-24(25-30-9-10-39-25)33-23(19)13-4-5-14(28)21(29)20(13)27/h4-5,9-10,12,23H,2-3,6-8,11H2,1H3,(H,32,33)(H,34,35). The van der Waals surface area contributed by atoms with Crippen molar-refractivity contribution < 1.29 is 32.6 Å². The van der Waals surface area contributed by atoms with Crippen LogP contribution in [0.25, 0.3) is 0 Å². The number of nitrogens with zero attached hydrogens (tertiary/aromatic N) is 3. The lowest BCUT2D eigenvalue weighted by atomic mass is 9.83. The molecule has 5 rings (SSSR count). The highest BCUT2D eigenvalue weighted by Gasteiger charge is 2.39. The van der Waals surface area contributed by atoms with Crippen LogP contribution in [0.1, 0.15) is 53.7 Å². The Morgan fingerprint density at radius 1 is 1.33 bits per heavy atom. The number of rotatable bonds is 8. The molecule has 3 heterocycles. The number of thiazole rings is 1. The normalized spacial score (nSPS) is 18.8. The molecule has 0 radical (unpaired) electrons. The number of ether oxygens (including phenoxy) is 1. The number of esters is 1. The lowest BCUT2D eigenvalue weighted by Crippen LogP contribution is -2.38. The van der Waals surface area contributed by atoms with Crippen LogP contribution in [0.2, 0.25) is 5.02 Å². The monoisotopic (exact) mass is 576 g/mol. The van der Waals surface area contributed by atoms with Gasteiger partial charge in [0.05, 0.1) is 29.3 Å². The average Bonchev–Trinajstić information content (AvgIpc) is 3.60. The summed E-state index contributed by atoms with van der Waals surface area (Å²) >= 11 is 7.57. The summed E-state index contributed by atoms with van der Waals surface area (Å²) in [5.74, 6) is -2.96. The first kappa shape index (κ1) is 26.9. The molecular formula is C26H23ClF2N4O5S. The van der Waals surface area contributed by atoms with Gasteiger partial charge < -0.3 is 19.6 Å². The lowest BCUT2D eigenvalue weighted by molar-refractivity contribution is -0.139. The quantitative estimate of drug-likeness (QED) is 0.289. The largest absolute Gasteiger partial charge is 0.481 e. The van der Waals surface area contributed by atoms with E-state index in [-0.39, 0.29) is 36.5 Å². The Kier molecular flexibility index (Phi) is 7.76. The van der Waals surface area contributed by atoms with Crippen LogP contribution < -0.4 is 5.32 Å². The highest BCUT2D eigenvalue weighted by molar-refractivity contribution is 7.11. The van der Waals surface area contributed by atoms with Crippen LogP contribution in [0.3, 0.4) is 0 Å². The van der Waals surface area contributed by atoms with Gasteiger partial charge in [-0.2, -0.15) is 0 Å². The molecule has 1 aliphatic heterocycles. The number of aromatic nitrogens is 2. The number of aliphatic imine (C=N–C) groups is 1. The van der Waals surface area contributed by atoms with Crippen LogP contribution in [-0.4, -0.2) is 39.5 Å². The first-order chi connectivity index (χ1) is 18.8. The van der Waals surface area contributed by atoms with Crippen molar-refractivity contribution in [2.45, 2.75) is 45.1 Å². The van der Waals surface area contributed by atoms with Gasteiger partial charge in [0.25, 0.3) is 0 Å². The third-order valence-corrected chi connectivity index (χ3v) is 7.67. The molecule has 204 valence electrons. The average molecular weight is 577 g/mol. The topological polar surface area (TPSA) is 127 Å². The van der Waals surface area contributed by atoms with Crippen LogP contribution in [0.4, 0.5) is 8.78 Å². The van der Waals surface area contributed by atoms with Gasteiger partial charge in [-0.15, -0.1) is 11.3 Å². The summed E-state index contributed by atoms with van der Waals surface area (Å²) in [6.45, 7) is 1.75. The second-order valence-corrected chi connectivity index (χ2v) is 10.2. The van der Waals surface area contributed by atoms with Crippen molar-refractivity contribution in [2.24, 2.45) is 10.9 Å². The number of aryl methyl sites for hydroxylation is 2. The van der Waals surface area contributed by atoms with Gasteiger partial charge in [-0.1, -0.05) is 17.7 Å². The third-order valence-electron chi connectivity index (χ3n) is 6.51. The summed E-state index contributed by atoms with van der Waals surface area (Å²) in [6.07, 6.45) is 3.13. The Bertz CT molecular complexity index is 1490. The van der Waals surface area contributed by atoms with E-state index in [1.807, 2.05) is 0 Å². The fraction of sp³-hybridized carbons (Fsp3) is 0.346. The van der Waals surface area contributed by atoms with Crippen molar-refractivity contribution in [2.75, 3.05) is 6.61 Å². The van der Waals surface area contributed by atoms with Gasteiger partial charge >= 0.3 is 11.9 Å². The van der Waals surface area contributed by atoms with Gasteiger partial charge in [-0.05, 0) is 25.8 Å². The number of halogens is 3. The number of aliphatic carboxylic acids is 1. The Balaban J connectivity index is 1.60. The number of hydrogen-bond donors (Lipinski definition) is 2. The van der Waals surface area contributed by atoms with E-state index in [2.05, 4.69) is 20.3 Å². The minimum absolute atomic E-state index is 0.0841. The maximum atomic E-state index is 14.6. The van der Waals surface area contributed by atoms with Gasteiger partial charge in [-0.3, -0.25) is 9.79 Å². The molecule has 1 aliphatic carbocycles. The first-order valence-electron chi connectivity index (χ1n) is 12.2. The van der Waals surface area contributed by atoms with Crippen molar-refractivity contribution in [3.8, 4) is 0 Å². The van der Waals surface area contributed by atoms with Gasteiger partial charge in [0.15, 0.2) is 28.4 Å².